The monoisotopic (exact) mass is 330 g/mol. The molecule has 122 valence electrons. The van der Waals surface area contributed by atoms with Gasteiger partial charge >= 0.3 is 6.03 Å². The van der Waals surface area contributed by atoms with Gasteiger partial charge in [0.05, 0.1) is 11.6 Å². The van der Waals surface area contributed by atoms with E-state index >= 15 is 0 Å². The van der Waals surface area contributed by atoms with Crippen LogP contribution >= 0.6 is 11.8 Å². The molecule has 2 atom stereocenters. The average molecular weight is 330 g/mol. The minimum atomic E-state index is -0.756. The van der Waals surface area contributed by atoms with E-state index in [4.69, 9.17) is 0 Å². The van der Waals surface area contributed by atoms with Gasteiger partial charge in [0.15, 0.2) is 0 Å². The highest BCUT2D eigenvalue weighted by molar-refractivity contribution is 7.99. The molecule has 2 aromatic carbocycles. The Kier molecular flexibility index (Phi) is 4.78. The minimum Gasteiger partial charge on any atom is -0.387 e. The van der Waals surface area contributed by atoms with Crippen LogP contribution in [0.5, 0.6) is 0 Å². The van der Waals surface area contributed by atoms with Crippen LogP contribution in [0, 0.1) is 0 Å². The van der Waals surface area contributed by atoms with Gasteiger partial charge in [-0.15, -0.1) is 0 Å². The maximum Gasteiger partial charge on any atom is 0.315 e. The number of nitrogens with one attached hydrogen (secondary N) is 2. The van der Waals surface area contributed by atoms with E-state index < -0.39 is 5.60 Å². The molecule has 2 aromatic rings. The molecule has 0 spiro atoms. The van der Waals surface area contributed by atoms with Crippen LogP contribution in [0.25, 0.3) is 10.8 Å². The molecule has 23 heavy (non-hydrogen) atoms. The molecule has 0 aliphatic carbocycles. The normalized spacial score (nSPS) is 22.0. The largest absolute Gasteiger partial charge is 0.387 e. The Hall–Kier alpha value is -1.72. The summed E-state index contributed by atoms with van der Waals surface area (Å²) in [6, 6.07) is 14.0. The van der Waals surface area contributed by atoms with E-state index in [1.807, 2.05) is 25.1 Å². The predicted molar refractivity (Wildman–Crippen MR) is 95.8 cm³/mol. The van der Waals surface area contributed by atoms with Crippen LogP contribution in [0.1, 0.15) is 24.9 Å². The molecule has 4 nitrogen and oxygen atoms in total. The van der Waals surface area contributed by atoms with Crippen molar-refractivity contribution >= 4 is 28.6 Å². The zero-order chi connectivity index (χ0) is 16.3. The van der Waals surface area contributed by atoms with Crippen molar-refractivity contribution in [2.75, 3.05) is 18.1 Å². The van der Waals surface area contributed by atoms with Crippen LogP contribution < -0.4 is 10.6 Å². The average Bonchev–Trinajstić information content (AvgIpc) is 2.99. The van der Waals surface area contributed by atoms with Crippen molar-refractivity contribution in [2.45, 2.75) is 25.0 Å². The maximum atomic E-state index is 12.0. The smallest absolute Gasteiger partial charge is 0.315 e. The zero-order valence-corrected chi connectivity index (χ0v) is 14.0. The third-order valence-corrected chi connectivity index (χ3v) is 5.52. The number of amides is 2. The molecule has 0 bridgehead atoms. The molecule has 3 N–H and O–H groups in total. The third kappa shape index (κ3) is 3.98. The van der Waals surface area contributed by atoms with Crippen LogP contribution in [-0.4, -0.2) is 34.8 Å². The van der Waals surface area contributed by atoms with Crippen molar-refractivity contribution in [2.24, 2.45) is 0 Å². The zero-order valence-electron chi connectivity index (χ0n) is 13.2. The highest BCUT2D eigenvalue weighted by atomic mass is 32.2. The van der Waals surface area contributed by atoms with E-state index in [0.717, 1.165) is 23.1 Å². The first-order chi connectivity index (χ1) is 11.1. The fourth-order valence-electron chi connectivity index (χ4n) is 2.79. The Balaban J connectivity index is 1.58. The Morgan fingerprint density at radius 2 is 2.09 bits per heavy atom. The Bertz CT molecular complexity index is 698. The van der Waals surface area contributed by atoms with Gasteiger partial charge in [-0.2, -0.15) is 11.8 Å². The number of hydrogen-bond acceptors (Lipinski definition) is 3. The number of fused-ring (bicyclic) bond motifs is 1. The molecule has 1 fully saturated rings. The van der Waals surface area contributed by atoms with Crippen molar-refractivity contribution in [1.29, 1.82) is 0 Å². The lowest BCUT2D eigenvalue weighted by molar-refractivity contribution is 0.0699. The van der Waals surface area contributed by atoms with Crippen molar-refractivity contribution in [3.8, 4) is 0 Å². The number of rotatable bonds is 4. The summed E-state index contributed by atoms with van der Waals surface area (Å²) >= 11 is 1.72. The molecule has 2 amide bonds. The first kappa shape index (κ1) is 16.1. The summed E-state index contributed by atoms with van der Waals surface area (Å²) < 4.78 is 0. The number of carbonyl (C=O) groups is 1. The number of thioether (sulfide) groups is 1. The van der Waals surface area contributed by atoms with Gasteiger partial charge in [-0.3, -0.25) is 0 Å². The first-order valence-electron chi connectivity index (χ1n) is 7.89. The molecule has 1 heterocycles. The van der Waals surface area contributed by atoms with Gasteiger partial charge in [0.2, 0.25) is 0 Å². The lowest BCUT2D eigenvalue weighted by atomic mass is 10.0. The highest BCUT2D eigenvalue weighted by Crippen LogP contribution is 2.27. The molecule has 0 radical (unpaired) electrons. The second kappa shape index (κ2) is 6.81. The summed E-state index contributed by atoms with van der Waals surface area (Å²) in [5.41, 5.74) is 0.308. The molecule has 1 aliphatic rings. The number of urea groups is 1. The number of hydrogen-bond donors (Lipinski definition) is 3. The van der Waals surface area contributed by atoms with Gasteiger partial charge in [0, 0.05) is 12.3 Å². The molecule has 3 rings (SSSR count). The third-order valence-electron chi connectivity index (χ3n) is 4.28. The number of benzene rings is 2. The second-order valence-electron chi connectivity index (χ2n) is 6.18. The molecule has 1 aliphatic heterocycles. The van der Waals surface area contributed by atoms with E-state index in [2.05, 4.69) is 34.9 Å². The van der Waals surface area contributed by atoms with E-state index in [1.165, 1.54) is 5.39 Å². The van der Waals surface area contributed by atoms with Crippen molar-refractivity contribution < 1.29 is 9.90 Å². The van der Waals surface area contributed by atoms with E-state index in [-0.39, 0.29) is 12.1 Å². The van der Waals surface area contributed by atoms with Gasteiger partial charge in [0.1, 0.15) is 0 Å². The standard InChI is InChI=1S/C18H22N2O2S/c1-13(15-7-6-14-4-2-3-5-16(14)10-15)20-17(21)19-11-18(22)8-9-23-12-18/h2-7,10,13,22H,8-9,11-12H2,1H3,(H2,19,20,21). The fraction of sp³-hybridized carbons (Fsp3) is 0.389. The second-order valence-corrected chi connectivity index (χ2v) is 7.29. The van der Waals surface area contributed by atoms with E-state index in [1.54, 1.807) is 11.8 Å². The van der Waals surface area contributed by atoms with E-state index in [9.17, 15) is 9.90 Å². The highest BCUT2D eigenvalue weighted by Gasteiger charge is 2.32. The van der Waals surface area contributed by atoms with Gasteiger partial charge in [-0.1, -0.05) is 36.4 Å². The Labute approximate surface area is 140 Å². The summed E-state index contributed by atoms with van der Waals surface area (Å²) in [5.74, 6) is 1.64. The Morgan fingerprint density at radius 3 is 2.83 bits per heavy atom. The van der Waals surface area contributed by atoms with Gasteiger partial charge in [0.25, 0.3) is 0 Å². The summed E-state index contributed by atoms with van der Waals surface area (Å²) in [4.78, 5) is 12.0. The summed E-state index contributed by atoms with van der Waals surface area (Å²) in [5, 5.41) is 18.3. The predicted octanol–water partition coefficient (Wildman–Crippen LogP) is 3.07. The first-order valence-corrected chi connectivity index (χ1v) is 9.04. The summed E-state index contributed by atoms with van der Waals surface area (Å²) in [6.07, 6.45) is 0.734. The van der Waals surface area contributed by atoms with Crippen LogP contribution in [0.2, 0.25) is 0 Å². The fourth-order valence-corrected chi connectivity index (χ4v) is 4.08. The van der Waals surface area contributed by atoms with Crippen LogP contribution in [0.4, 0.5) is 4.79 Å². The number of carbonyl (C=O) groups excluding carboxylic acids is 1. The molecular formula is C18H22N2O2S. The Morgan fingerprint density at radius 1 is 1.30 bits per heavy atom. The lowest BCUT2D eigenvalue weighted by Crippen LogP contribution is -2.46. The molecule has 2 unspecified atom stereocenters. The van der Waals surface area contributed by atoms with Gasteiger partial charge < -0.3 is 15.7 Å². The van der Waals surface area contributed by atoms with Crippen LogP contribution in [-0.2, 0) is 0 Å². The quantitative estimate of drug-likeness (QED) is 0.807. The lowest BCUT2D eigenvalue weighted by Gasteiger charge is -2.23. The molecule has 0 saturated carbocycles. The maximum absolute atomic E-state index is 12.0. The van der Waals surface area contributed by atoms with Crippen molar-refractivity contribution in [1.82, 2.24) is 10.6 Å². The van der Waals surface area contributed by atoms with E-state index in [0.29, 0.717) is 12.3 Å². The van der Waals surface area contributed by atoms with Gasteiger partial charge in [-0.05, 0) is 41.5 Å². The molecule has 1 saturated heterocycles. The molecular weight excluding hydrogens is 308 g/mol. The number of aliphatic hydroxyl groups is 1. The van der Waals surface area contributed by atoms with Crippen molar-refractivity contribution in [3.63, 3.8) is 0 Å². The molecule has 5 heteroatoms. The van der Waals surface area contributed by atoms with Crippen LogP contribution in [0.3, 0.4) is 0 Å². The SMILES string of the molecule is CC(NC(=O)NCC1(O)CCSC1)c1ccc2ccccc2c1. The summed E-state index contributed by atoms with van der Waals surface area (Å²) in [7, 11) is 0. The minimum absolute atomic E-state index is 0.0906. The molecule has 0 aromatic heterocycles. The topological polar surface area (TPSA) is 61.4 Å². The van der Waals surface area contributed by atoms with Gasteiger partial charge in [-0.25, -0.2) is 4.79 Å². The summed E-state index contributed by atoms with van der Waals surface area (Å²) in [6.45, 7) is 2.26. The van der Waals surface area contributed by atoms with Crippen molar-refractivity contribution in [3.05, 3.63) is 48.0 Å². The van der Waals surface area contributed by atoms with Crippen LogP contribution in [0.15, 0.2) is 42.5 Å².